The predicted octanol–water partition coefficient (Wildman–Crippen LogP) is 23.0. The highest BCUT2D eigenvalue weighted by Crippen LogP contribution is 2.18. The fourth-order valence-electron chi connectivity index (χ4n) is 10.3. The van der Waals surface area contributed by atoms with E-state index in [0.29, 0.717) is 19.3 Å². The first-order chi connectivity index (χ1) is 37.0. The van der Waals surface area contributed by atoms with E-state index in [-0.39, 0.29) is 31.1 Å². The van der Waals surface area contributed by atoms with Crippen LogP contribution in [-0.4, -0.2) is 37.2 Å². The van der Waals surface area contributed by atoms with E-state index >= 15 is 0 Å². The van der Waals surface area contributed by atoms with Crippen molar-refractivity contribution in [1.82, 2.24) is 0 Å². The Morgan fingerprint density at radius 2 is 0.440 bits per heavy atom. The predicted molar refractivity (Wildman–Crippen MR) is 326 cm³/mol. The average Bonchev–Trinajstić information content (AvgIpc) is 3.41. The van der Waals surface area contributed by atoms with Crippen LogP contribution in [-0.2, 0) is 28.6 Å². The topological polar surface area (TPSA) is 78.9 Å². The second-order valence-corrected chi connectivity index (χ2v) is 23.1. The minimum atomic E-state index is -0.772. The van der Waals surface area contributed by atoms with Crippen molar-refractivity contribution in [3.05, 3.63) is 24.3 Å². The van der Waals surface area contributed by atoms with Crippen molar-refractivity contribution in [2.24, 2.45) is 0 Å². The van der Waals surface area contributed by atoms with Gasteiger partial charge in [0.25, 0.3) is 0 Å². The van der Waals surface area contributed by atoms with Crippen LogP contribution in [0, 0.1) is 0 Å². The molecule has 1 unspecified atom stereocenters. The van der Waals surface area contributed by atoms with Crippen LogP contribution >= 0.6 is 0 Å². The Morgan fingerprint density at radius 1 is 0.253 bits per heavy atom. The van der Waals surface area contributed by atoms with Crippen molar-refractivity contribution in [3.63, 3.8) is 0 Å². The summed E-state index contributed by atoms with van der Waals surface area (Å²) in [6.45, 7) is 6.71. The van der Waals surface area contributed by atoms with Gasteiger partial charge in [0, 0.05) is 19.3 Å². The molecule has 6 heteroatoms. The maximum absolute atomic E-state index is 12.9. The van der Waals surface area contributed by atoms with Crippen LogP contribution in [0.5, 0.6) is 0 Å². The standard InChI is InChI=1S/C69H130O6/c1-4-7-10-13-16-19-22-25-28-31-34-36-38-41-44-47-50-53-56-59-62-68(71)74-65-66(64-73-67(70)61-58-55-52-49-46-43-40-37-33-30-27-24-21-18-15-12-9-6-3)75-69(72)63-60-57-54-51-48-45-42-39-35-32-29-26-23-20-17-14-11-8-5-2/h26,29-30,33,66H,4-25,27-28,31-32,34-65H2,1-3H3/b29-26-,33-30-. The second kappa shape index (κ2) is 64.4. The fraction of sp³-hybridized carbons (Fsp3) is 0.899. The molecule has 75 heavy (non-hydrogen) atoms. The molecule has 0 aromatic heterocycles. The molecule has 0 fully saturated rings. The van der Waals surface area contributed by atoms with Crippen molar-refractivity contribution in [1.29, 1.82) is 0 Å². The monoisotopic (exact) mass is 1050 g/mol. The maximum Gasteiger partial charge on any atom is 0.306 e. The molecule has 0 rings (SSSR count). The summed E-state index contributed by atoms with van der Waals surface area (Å²) in [5.74, 6) is -0.844. The number of esters is 3. The van der Waals surface area contributed by atoms with Gasteiger partial charge in [-0.2, -0.15) is 0 Å². The van der Waals surface area contributed by atoms with Crippen molar-refractivity contribution >= 4 is 17.9 Å². The quantitative estimate of drug-likeness (QED) is 0.0261. The molecule has 0 heterocycles. The SMILES string of the molecule is CCCCCCCC/C=C\CCCCCCCCCCCC(=O)OC(COC(=O)CCCCCCCCC/C=C\CCCCCCCCC)COC(=O)CCCCCCCCCCCCCCCCCCCCCC. The van der Waals surface area contributed by atoms with Crippen molar-refractivity contribution in [2.45, 2.75) is 386 Å². The molecule has 0 amide bonds. The lowest BCUT2D eigenvalue weighted by molar-refractivity contribution is -0.167. The van der Waals surface area contributed by atoms with E-state index < -0.39 is 6.10 Å². The van der Waals surface area contributed by atoms with Crippen LogP contribution in [0.4, 0.5) is 0 Å². The fourth-order valence-corrected chi connectivity index (χ4v) is 10.3. The van der Waals surface area contributed by atoms with Crippen molar-refractivity contribution in [2.75, 3.05) is 13.2 Å². The zero-order valence-electron chi connectivity index (χ0n) is 50.8. The first kappa shape index (κ1) is 72.9. The molecule has 0 aromatic carbocycles. The zero-order chi connectivity index (χ0) is 54.3. The molecule has 0 bridgehead atoms. The van der Waals surface area contributed by atoms with E-state index in [9.17, 15) is 14.4 Å². The molecule has 0 spiro atoms. The maximum atomic E-state index is 12.9. The highest BCUT2D eigenvalue weighted by molar-refractivity contribution is 5.71. The van der Waals surface area contributed by atoms with Gasteiger partial charge in [-0.1, -0.05) is 315 Å². The van der Waals surface area contributed by atoms with Gasteiger partial charge in [-0.15, -0.1) is 0 Å². The lowest BCUT2D eigenvalue weighted by Gasteiger charge is -2.18. The third kappa shape index (κ3) is 62.6. The van der Waals surface area contributed by atoms with Gasteiger partial charge in [0.05, 0.1) is 0 Å². The Balaban J connectivity index is 4.32. The second-order valence-electron chi connectivity index (χ2n) is 23.1. The first-order valence-electron chi connectivity index (χ1n) is 33.8. The molecule has 1 atom stereocenters. The van der Waals surface area contributed by atoms with Crippen molar-refractivity contribution in [3.8, 4) is 0 Å². The first-order valence-corrected chi connectivity index (χ1v) is 33.8. The van der Waals surface area contributed by atoms with Gasteiger partial charge < -0.3 is 14.2 Å². The van der Waals surface area contributed by atoms with Gasteiger partial charge >= 0.3 is 17.9 Å². The van der Waals surface area contributed by atoms with Gasteiger partial charge in [-0.05, 0) is 70.6 Å². The molecule has 0 aliphatic heterocycles. The number of carbonyl (C=O) groups excluding carboxylic acids is 3. The molecule has 6 nitrogen and oxygen atoms in total. The minimum absolute atomic E-state index is 0.0679. The van der Waals surface area contributed by atoms with E-state index in [4.69, 9.17) is 14.2 Å². The number of ether oxygens (including phenoxy) is 3. The molecule has 0 saturated heterocycles. The molecule has 0 N–H and O–H groups in total. The molecule has 0 aromatic rings. The zero-order valence-corrected chi connectivity index (χ0v) is 50.8. The lowest BCUT2D eigenvalue weighted by atomic mass is 10.0. The van der Waals surface area contributed by atoms with Gasteiger partial charge in [0.1, 0.15) is 13.2 Å². The summed E-state index contributed by atoms with van der Waals surface area (Å²) in [6, 6.07) is 0. The summed E-state index contributed by atoms with van der Waals surface area (Å²) in [4.78, 5) is 38.4. The van der Waals surface area contributed by atoms with Crippen LogP contribution in [0.15, 0.2) is 24.3 Å². The molecule has 0 aliphatic carbocycles. The third-order valence-electron chi connectivity index (χ3n) is 15.4. The normalized spacial score (nSPS) is 12.1. The lowest BCUT2D eigenvalue weighted by Crippen LogP contribution is -2.30. The van der Waals surface area contributed by atoms with Gasteiger partial charge in [-0.25, -0.2) is 0 Å². The van der Waals surface area contributed by atoms with Gasteiger partial charge in [0.15, 0.2) is 6.10 Å². The van der Waals surface area contributed by atoms with Crippen LogP contribution < -0.4 is 0 Å². The highest BCUT2D eigenvalue weighted by atomic mass is 16.6. The third-order valence-corrected chi connectivity index (χ3v) is 15.4. The molecular formula is C69H130O6. The highest BCUT2D eigenvalue weighted by Gasteiger charge is 2.19. The Labute approximate surface area is 468 Å². The van der Waals surface area contributed by atoms with E-state index in [2.05, 4.69) is 45.1 Å². The summed E-state index contributed by atoms with van der Waals surface area (Å²) in [5, 5.41) is 0. The number of carbonyl (C=O) groups is 3. The Morgan fingerprint density at radius 3 is 0.667 bits per heavy atom. The minimum Gasteiger partial charge on any atom is -0.462 e. The number of hydrogen-bond acceptors (Lipinski definition) is 6. The molecule has 0 radical (unpaired) electrons. The van der Waals surface area contributed by atoms with Crippen LogP contribution in [0.25, 0.3) is 0 Å². The van der Waals surface area contributed by atoms with Gasteiger partial charge in [-0.3, -0.25) is 14.4 Å². The molecule has 0 aliphatic rings. The van der Waals surface area contributed by atoms with E-state index in [1.165, 1.54) is 283 Å². The van der Waals surface area contributed by atoms with Crippen LogP contribution in [0.3, 0.4) is 0 Å². The number of unbranched alkanes of at least 4 members (excludes halogenated alkanes) is 48. The number of allylic oxidation sites excluding steroid dienone is 4. The van der Waals surface area contributed by atoms with Crippen LogP contribution in [0.2, 0.25) is 0 Å². The number of hydrogen-bond donors (Lipinski definition) is 0. The summed E-state index contributed by atoms with van der Waals surface area (Å²) in [5.41, 5.74) is 0. The molecular weight excluding hydrogens is 925 g/mol. The summed E-state index contributed by atoms with van der Waals surface area (Å²) >= 11 is 0. The number of rotatable bonds is 63. The van der Waals surface area contributed by atoms with E-state index in [1.54, 1.807) is 0 Å². The smallest absolute Gasteiger partial charge is 0.306 e. The summed E-state index contributed by atoms with van der Waals surface area (Å²) < 4.78 is 17.0. The van der Waals surface area contributed by atoms with E-state index in [1.807, 2.05) is 0 Å². The Kier molecular flexibility index (Phi) is 62.6. The average molecular weight is 1060 g/mol. The van der Waals surface area contributed by atoms with E-state index in [0.717, 1.165) is 57.8 Å². The summed E-state index contributed by atoms with van der Waals surface area (Å²) in [6.07, 6.45) is 77.6. The van der Waals surface area contributed by atoms with Gasteiger partial charge in [0.2, 0.25) is 0 Å². The summed E-state index contributed by atoms with van der Waals surface area (Å²) in [7, 11) is 0. The Bertz CT molecular complexity index is 1210. The van der Waals surface area contributed by atoms with Crippen LogP contribution in [0.1, 0.15) is 380 Å². The Hall–Kier alpha value is -2.11. The molecule has 442 valence electrons. The largest absolute Gasteiger partial charge is 0.462 e. The molecule has 0 saturated carbocycles. The van der Waals surface area contributed by atoms with Crippen molar-refractivity contribution < 1.29 is 28.6 Å².